The van der Waals surface area contributed by atoms with Crippen molar-refractivity contribution in [1.29, 1.82) is 0 Å². The molecule has 4 nitrogen and oxygen atoms in total. The third-order valence-electron chi connectivity index (χ3n) is 4.33. The predicted octanol–water partition coefficient (Wildman–Crippen LogP) is 1.73. The molecule has 1 heterocycles. The standard InChI is InChI=1S/C17H38N4/c1-4-9-18-10-7-5-6-8-11-20-14-16-21(17-15-20)13-12-19(2)3/h18H,4-17H2,1-3H3. The van der Waals surface area contributed by atoms with Gasteiger partial charge < -0.3 is 15.1 Å². The zero-order valence-electron chi connectivity index (χ0n) is 14.7. The first-order valence-corrected chi connectivity index (χ1v) is 9.02. The van der Waals surface area contributed by atoms with E-state index in [-0.39, 0.29) is 0 Å². The maximum absolute atomic E-state index is 3.48. The Morgan fingerprint density at radius 2 is 1.43 bits per heavy atom. The van der Waals surface area contributed by atoms with Gasteiger partial charge in [-0.05, 0) is 53.0 Å². The number of piperazine rings is 1. The lowest BCUT2D eigenvalue weighted by atomic mass is 10.1. The molecule has 0 aromatic rings. The fraction of sp³-hybridized carbons (Fsp3) is 1.00. The van der Waals surface area contributed by atoms with E-state index in [9.17, 15) is 0 Å². The third kappa shape index (κ3) is 10.2. The van der Waals surface area contributed by atoms with Crippen molar-refractivity contribution >= 4 is 0 Å². The quantitative estimate of drug-likeness (QED) is 0.554. The molecule has 1 fully saturated rings. The topological polar surface area (TPSA) is 21.8 Å². The first-order valence-electron chi connectivity index (χ1n) is 9.02. The van der Waals surface area contributed by atoms with Crippen LogP contribution in [0.4, 0.5) is 0 Å². The number of nitrogens with zero attached hydrogens (tertiary/aromatic N) is 3. The molecule has 0 aromatic heterocycles. The van der Waals surface area contributed by atoms with Gasteiger partial charge in [-0.1, -0.05) is 19.8 Å². The number of rotatable bonds is 12. The Morgan fingerprint density at radius 3 is 2.05 bits per heavy atom. The highest BCUT2D eigenvalue weighted by Crippen LogP contribution is 2.05. The number of hydrogen-bond donors (Lipinski definition) is 1. The van der Waals surface area contributed by atoms with Crippen LogP contribution in [0.25, 0.3) is 0 Å². The van der Waals surface area contributed by atoms with Crippen molar-refractivity contribution in [2.75, 3.05) is 73.0 Å². The zero-order valence-corrected chi connectivity index (χ0v) is 14.7. The highest BCUT2D eigenvalue weighted by molar-refractivity contribution is 4.72. The molecule has 0 atom stereocenters. The van der Waals surface area contributed by atoms with Crippen LogP contribution in [0.3, 0.4) is 0 Å². The molecule has 0 aliphatic carbocycles. The van der Waals surface area contributed by atoms with Gasteiger partial charge in [0, 0.05) is 39.3 Å². The second-order valence-corrected chi connectivity index (χ2v) is 6.65. The van der Waals surface area contributed by atoms with Gasteiger partial charge in [-0.2, -0.15) is 0 Å². The highest BCUT2D eigenvalue weighted by atomic mass is 15.3. The summed E-state index contributed by atoms with van der Waals surface area (Å²) in [6.45, 7) is 13.4. The second-order valence-electron chi connectivity index (χ2n) is 6.65. The Kier molecular flexibility index (Phi) is 11.1. The van der Waals surface area contributed by atoms with Gasteiger partial charge >= 0.3 is 0 Å². The summed E-state index contributed by atoms with van der Waals surface area (Å²) in [5.41, 5.74) is 0. The summed E-state index contributed by atoms with van der Waals surface area (Å²) in [5.74, 6) is 0. The Bertz CT molecular complexity index is 225. The number of hydrogen-bond acceptors (Lipinski definition) is 4. The van der Waals surface area contributed by atoms with Crippen molar-refractivity contribution in [1.82, 2.24) is 20.0 Å². The summed E-state index contributed by atoms with van der Waals surface area (Å²) in [7, 11) is 4.32. The van der Waals surface area contributed by atoms with E-state index in [0.717, 1.165) is 0 Å². The molecule has 0 saturated carbocycles. The fourth-order valence-corrected chi connectivity index (χ4v) is 2.82. The Hall–Kier alpha value is -0.160. The minimum absolute atomic E-state index is 1.18. The van der Waals surface area contributed by atoms with E-state index in [4.69, 9.17) is 0 Å². The summed E-state index contributed by atoms with van der Waals surface area (Å²) in [6.07, 6.45) is 6.76. The van der Waals surface area contributed by atoms with Crippen LogP contribution in [0.2, 0.25) is 0 Å². The van der Waals surface area contributed by atoms with E-state index in [0.29, 0.717) is 0 Å². The molecule has 0 aromatic carbocycles. The van der Waals surface area contributed by atoms with Crippen molar-refractivity contribution in [3.63, 3.8) is 0 Å². The van der Waals surface area contributed by atoms with Gasteiger partial charge in [-0.3, -0.25) is 4.90 Å². The molecule has 1 rings (SSSR count). The average Bonchev–Trinajstić information content (AvgIpc) is 2.49. The Balaban J connectivity index is 1.89. The molecular weight excluding hydrogens is 260 g/mol. The summed E-state index contributed by atoms with van der Waals surface area (Å²) in [5, 5.41) is 3.48. The van der Waals surface area contributed by atoms with Gasteiger partial charge in [0.25, 0.3) is 0 Å². The first-order chi connectivity index (χ1) is 10.2. The van der Waals surface area contributed by atoms with Gasteiger partial charge in [0.2, 0.25) is 0 Å². The molecule has 0 spiro atoms. The van der Waals surface area contributed by atoms with Crippen LogP contribution in [0.15, 0.2) is 0 Å². The summed E-state index contributed by atoms with van der Waals surface area (Å²) < 4.78 is 0. The summed E-state index contributed by atoms with van der Waals surface area (Å²) >= 11 is 0. The van der Waals surface area contributed by atoms with Gasteiger partial charge in [0.05, 0.1) is 0 Å². The van der Waals surface area contributed by atoms with Crippen LogP contribution < -0.4 is 5.32 Å². The lowest BCUT2D eigenvalue weighted by Crippen LogP contribution is -2.48. The lowest BCUT2D eigenvalue weighted by molar-refractivity contribution is 0.124. The SMILES string of the molecule is CCCNCCCCCCN1CCN(CCN(C)C)CC1. The average molecular weight is 299 g/mol. The van der Waals surface area contributed by atoms with Gasteiger partial charge in [0.15, 0.2) is 0 Å². The molecule has 0 radical (unpaired) electrons. The molecular formula is C17H38N4. The number of unbranched alkanes of at least 4 members (excludes halogenated alkanes) is 3. The van der Waals surface area contributed by atoms with E-state index < -0.39 is 0 Å². The van der Waals surface area contributed by atoms with Crippen molar-refractivity contribution in [3.05, 3.63) is 0 Å². The van der Waals surface area contributed by atoms with E-state index in [2.05, 4.69) is 41.0 Å². The third-order valence-corrected chi connectivity index (χ3v) is 4.33. The minimum Gasteiger partial charge on any atom is -0.317 e. The van der Waals surface area contributed by atoms with E-state index in [1.807, 2.05) is 0 Å². The smallest absolute Gasteiger partial charge is 0.0110 e. The van der Waals surface area contributed by atoms with Crippen molar-refractivity contribution in [2.24, 2.45) is 0 Å². The molecule has 21 heavy (non-hydrogen) atoms. The normalized spacial score (nSPS) is 17.7. The monoisotopic (exact) mass is 298 g/mol. The highest BCUT2D eigenvalue weighted by Gasteiger charge is 2.15. The lowest BCUT2D eigenvalue weighted by Gasteiger charge is -2.35. The Morgan fingerprint density at radius 1 is 0.810 bits per heavy atom. The van der Waals surface area contributed by atoms with Crippen molar-refractivity contribution in [3.8, 4) is 0 Å². The maximum Gasteiger partial charge on any atom is 0.0110 e. The van der Waals surface area contributed by atoms with Gasteiger partial charge in [-0.25, -0.2) is 0 Å². The summed E-state index contributed by atoms with van der Waals surface area (Å²) in [6, 6.07) is 0. The molecule has 1 saturated heterocycles. The summed E-state index contributed by atoms with van der Waals surface area (Å²) in [4.78, 5) is 7.54. The molecule has 1 aliphatic heterocycles. The van der Waals surface area contributed by atoms with Crippen LogP contribution in [0.1, 0.15) is 39.0 Å². The molecule has 0 bridgehead atoms. The Labute approximate surface area is 132 Å². The predicted molar refractivity (Wildman–Crippen MR) is 93.1 cm³/mol. The zero-order chi connectivity index (χ0) is 15.3. The first kappa shape index (κ1) is 18.9. The van der Waals surface area contributed by atoms with Gasteiger partial charge in [0.1, 0.15) is 0 Å². The van der Waals surface area contributed by atoms with Crippen LogP contribution in [0, 0.1) is 0 Å². The van der Waals surface area contributed by atoms with Crippen molar-refractivity contribution in [2.45, 2.75) is 39.0 Å². The number of nitrogens with one attached hydrogen (secondary N) is 1. The van der Waals surface area contributed by atoms with Crippen molar-refractivity contribution < 1.29 is 0 Å². The molecule has 1 aliphatic rings. The van der Waals surface area contributed by atoms with Crippen LogP contribution >= 0.6 is 0 Å². The van der Waals surface area contributed by atoms with Gasteiger partial charge in [-0.15, -0.1) is 0 Å². The molecule has 0 unspecified atom stereocenters. The van der Waals surface area contributed by atoms with E-state index in [1.54, 1.807) is 0 Å². The second kappa shape index (κ2) is 12.4. The molecule has 0 amide bonds. The van der Waals surface area contributed by atoms with E-state index in [1.165, 1.54) is 91.0 Å². The largest absolute Gasteiger partial charge is 0.317 e. The maximum atomic E-state index is 3.48. The van der Waals surface area contributed by atoms with Crippen LogP contribution in [0.5, 0.6) is 0 Å². The molecule has 1 N–H and O–H groups in total. The number of likely N-dealkylation sites (N-methyl/N-ethyl adjacent to an activating group) is 1. The van der Waals surface area contributed by atoms with Crippen LogP contribution in [-0.2, 0) is 0 Å². The van der Waals surface area contributed by atoms with Crippen LogP contribution in [-0.4, -0.2) is 87.7 Å². The molecule has 126 valence electrons. The molecule has 4 heteroatoms. The van der Waals surface area contributed by atoms with E-state index >= 15 is 0 Å². The minimum atomic E-state index is 1.18. The fourth-order valence-electron chi connectivity index (χ4n) is 2.82.